The van der Waals surface area contributed by atoms with Crippen LogP contribution >= 0.6 is 11.3 Å². The molecule has 0 spiro atoms. The Morgan fingerprint density at radius 1 is 1.17 bits per heavy atom. The van der Waals surface area contributed by atoms with Crippen LogP contribution in [0.4, 0.5) is 5.69 Å². The number of carbonyl (C=O) groups excluding carboxylic acids is 2. The summed E-state index contributed by atoms with van der Waals surface area (Å²) in [5, 5.41) is 6.86. The number of hydrogen-bond acceptors (Lipinski definition) is 4. The average molecular weight is 329 g/mol. The molecular weight excluding hydrogens is 310 g/mol. The topological polar surface area (TPSA) is 70.6 Å². The van der Waals surface area contributed by atoms with Gasteiger partial charge in [0.1, 0.15) is 0 Å². The quantitative estimate of drug-likeness (QED) is 0.652. The van der Waals surface area contributed by atoms with Crippen LogP contribution < -0.4 is 10.7 Å². The summed E-state index contributed by atoms with van der Waals surface area (Å²) in [6.45, 7) is 5.32. The van der Waals surface area contributed by atoms with Gasteiger partial charge in [0.05, 0.1) is 10.6 Å². The number of amides is 2. The lowest BCUT2D eigenvalue weighted by Crippen LogP contribution is -2.18. The Bertz CT molecular complexity index is 750. The van der Waals surface area contributed by atoms with E-state index in [1.165, 1.54) is 23.1 Å². The molecule has 1 heterocycles. The molecule has 0 saturated carbocycles. The second-order valence-electron chi connectivity index (χ2n) is 5.02. The lowest BCUT2D eigenvalue weighted by atomic mass is 10.1. The molecule has 23 heavy (non-hydrogen) atoms. The number of nitrogens with one attached hydrogen (secondary N) is 2. The number of thiophene rings is 1. The summed E-state index contributed by atoms with van der Waals surface area (Å²) < 4.78 is 0. The number of hydrazone groups is 1. The fraction of sp³-hybridized carbons (Fsp3) is 0.235. The minimum atomic E-state index is -0.216. The molecule has 0 atom stereocenters. The van der Waals surface area contributed by atoms with Gasteiger partial charge in [-0.15, -0.1) is 11.3 Å². The molecule has 0 aliphatic rings. The van der Waals surface area contributed by atoms with Crippen LogP contribution in [0.15, 0.2) is 41.5 Å². The predicted molar refractivity (Wildman–Crippen MR) is 94.1 cm³/mol. The second kappa shape index (κ2) is 7.69. The normalized spacial score (nSPS) is 11.2. The molecule has 0 aliphatic carbocycles. The van der Waals surface area contributed by atoms with E-state index in [1.54, 1.807) is 19.1 Å². The summed E-state index contributed by atoms with van der Waals surface area (Å²) in [5.41, 5.74) is 4.76. The molecule has 0 unspecified atom stereocenters. The van der Waals surface area contributed by atoms with E-state index in [0.717, 1.165) is 12.0 Å². The third kappa shape index (κ3) is 4.75. The van der Waals surface area contributed by atoms with E-state index >= 15 is 0 Å². The Balaban J connectivity index is 2.07. The third-order valence-corrected chi connectivity index (χ3v) is 4.39. The molecule has 120 valence electrons. The first kappa shape index (κ1) is 16.9. The highest BCUT2D eigenvalue weighted by Crippen LogP contribution is 2.16. The molecule has 0 saturated heterocycles. The first-order valence-electron chi connectivity index (χ1n) is 7.31. The standard InChI is InChI=1S/C17H19N3O2S/c1-4-15-8-9-16(23-15)17(22)20-19-11(2)13-6-5-7-14(10-13)18-12(3)21/h5-10H,4H2,1-3H3,(H,18,21)(H,20,22)/b19-11+. The molecule has 0 bridgehead atoms. The minimum absolute atomic E-state index is 0.130. The number of aryl methyl sites for hydroxylation is 1. The maximum Gasteiger partial charge on any atom is 0.281 e. The molecule has 0 fully saturated rings. The van der Waals surface area contributed by atoms with Crippen LogP contribution in [0.25, 0.3) is 0 Å². The average Bonchev–Trinajstić information content (AvgIpc) is 3.01. The second-order valence-corrected chi connectivity index (χ2v) is 6.19. The highest BCUT2D eigenvalue weighted by atomic mass is 32.1. The largest absolute Gasteiger partial charge is 0.326 e. The van der Waals surface area contributed by atoms with Gasteiger partial charge in [-0.05, 0) is 43.2 Å². The molecule has 1 aromatic heterocycles. The Morgan fingerprint density at radius 3 is 2.61 bits per heavy atom. The first-order chi connectivity index (χ1) is 11.0. The van der Waals surface area contributed by atoms with Gasteiger partial charge in [0.2, 0.25) is 5.91 Å². The summed E-state index contributed by atoms with van der Waals surface area (Å²) in [7, 11) is 0. The lowest BCUT2D eigenvalue weighted by Gasteiger charge is -2.06. The van der Waals surface area contributed by atoms with Gasteiger partial charge in [-0.1, -0.05) is 19.1 Å². The molecule has 1 aromatic carbocycles. The van der Waals surface area contributed by atoms with E-state index in [0.29, 0.717) is 16.3 Å². The third-order valence-electron chi connectivity index (χ3n) is 3.16. The van der Waals surface area contributed by atoms with Gasteiger partial charge in [0.15, 0.2) is 0 Å². The molecule has 0 radical (unpaired) electrons. The maximum absolute atomic E-state index is 12.1. The fourth-order valence-corrected chi connectivity index (χ4v) is 2.81. The van der Waals surface area contributed by atoms with E-state index in [1.807, 2.05) is 24.3 Å². The zero-order valence-corrected chi connectivity index (χ0v) is 14.2. The monoisotopic (exact) mass is 329 g/mol. The zero-order valence-electron chi connectivity index (χ0n) is 13.3. The van der Waals surface area contributed by atoms with Crippen LogP contribution in [-0.4, -0.2) is 17.5 Å². The van der Waals surface area contributed by atoms with Crippen LogP contribution in [0.3, 0.4) is 0 Å². The molecule has 2 amide bonds. The fourth-order valence-electron chi connectivity index (χ4n) is 1.97. The number of carbonyl (C=O) groups is 2. The van der Waals surface area contributed by atoms with Crippen molar-refractivity contribution >= 4 is 34.6 Å². The van der Waals surface area contributed by atoms with Crippen molar-refractivity contribution in [1.82, 2.24) is 5.43 Å². The van der Waals surface area contributed by atoms with Gasteiger partial charge in [0.25, 0.3) is 5.91 Å². The number of rotatable bonds is 5. The summed E-state index contributed by atoms with van der Waals surface area (Å²) in [5.74, 6) is -0.346. The number of hydrogen-bond donors (Lipinski definition) is 2. The molecule has 0 aliphatic heterocycles. The van der Waals surface area contributed by atoms with Gasteiger partial charge in [0, 0.05) is 17.5 Å². The van der Waals surface area contributed by atoms with Crippen molar-refractivity contribution in [1.29, 1.82) is 0 Å². The smallest absolute Gasteiger partial charge is 0.281 e. The van der Waals surface area contributed by atoms with Gasteiger partial charge in [-0.3, -0.25) is 9.59 Å². The van der Waals surface area contributed by atoms with Crippen molar-refractivity contribution in [3.05, 3.63) is 51.7 Å². The van der Waals surface area contributed by atoms with Crippen molar-refractivity contribution in [2.75, 3.05) is 5.32 Å². The minimum Gasteiger partial charge on any atom is -0.326 e. The van der Waals surface area contributed by atoms with Crippen LogP contribution in [-0.2, 0) is 11.2 Å². The molecule has 5 nitrogen and oxygen atoms in total. The van der Waals surface area contributed by atoms with Crippen molar-refractivity contribution in [2.45, 2.75) is 27.2 Å². The van der Waals surface area contributed by atoms with Crippen molar-refractivity contribution < 1.29 is 9.59 Å². The van der Waals surface area contributed by atoms with Crippen LogP contribution in [0.1, 0.15) is 40.9 Å². The van der Waals surface area contributed by atoms with Crippen LogP contribution in [0, 0.1) is 0 Å². The van der Waals surface area contributed by atoms with Crippen LogP contribution in [0.5, 0.6) is 0 Å². The van der Waals surface area contributed by atoms with E-state index in [9.17, 15) is 9.59 Å². The number of anilines is 1. The Kier molecular flexibility index (Phi) is 5.65. The van der Waals surface area contributed by atoms with Gasteiger partial charge >= 0.3 is 0 Å². The van der Waals surface area contributed by atoms with Crippen molar-refractivity contribution in [2.24, 2.45) is 5.10 Å². The van der Waals surface area contributed by atoms with Gasteiger partial charge < -0.3 is 5.32 Å². The zero-order chi connectivity index (χ0) is 16.8. The predicted octanol–water partition coefficient (Wildman–Crippen LogP) is 3.42. The highest BCUT2D eigenvalue weighted by molar-refractivity contribution is 7.14. The molecule has 2 rings (SSSR count). The summed E-state index contributed by atoms with van der Waals surface area (Å²) >= 11 is 1.47. The maximum atomic E-state index is 12.1. The molecular formula is C17H19N3O2S. The van der Waals surface area contributed by atoms with Crippen molar-refractivity contribution in [3.8, 4) is 0 Å². The SMILES string of the molecule is CCc1ccc(C(=O)N/N=C(\C)c2cccc(NC(C)=O)c2)s1. The number of benzene rings is 1. The number of nitrogens with zero attached hydrogens (tertiary/aromatic N) is 1. The first-order valence-corrected chi connectivity index (χ1v) is 8.12. The lowest BCUT2D eigenvalue weighted by molar-refractivity contribution is -0.114. The Labute approximate surface area is 139 Å². The molecule has 2 aromatic rings. The molecule has 6 heteroatoms. The summed E-state index contributed by atoms with van der Waals surface area (Å²) in [4.78, 5) is 25.0. The van der Waals surface area contributed by atoms with E-state index in [-0.39, 0.29) is 11.8 Å². The van der Waals surface area contributed by atoms with E-state index in [4.69, 9.17) is 0 Å². The summed E-state index contributed by atoms with van der Waals surface area (Å²) in [6, 6.07) is 11.1. The summed E-state index contributed by atoms with van der Waals surface area (Å²) in [6.07, 6.45) is 0.913. The van der Waals surface area contributed by atoms with Gasteiger partial charge in [-0.25, -0.2) is 5.43 Å². The van der Waals surface area contributed by atoms with Crippen LogP contribution in [0.2, 0.25) is 0 Å². The molecule has 2 N–H and O–H groups in total. The Morgan fingerprint density at radius 2 is 1.96 bits per heavy atom. The van der Waals surface area contributed by atoms with E-state index in [2.05, 4.69) is 22.8 Å². The Hall–Kier alpha value is -2.47. The van der Waals surface area contributed by atoms with Gasteiger partial charge in [-0.2, -0.15) is 5.10 Å². The van der Waals surface area contributed by atoms with E-state index < -0.39 is 0 Å². The van der Waals surface area contributed by atoms with Crippen molar-refractivity contribution in [3.63, 3.8) is 0 Å². The highest BCUT2D eigenvalue weighted by Gasteiger charge is 2.08.